The first-order chi connectivity index (χ1) is 6.77. The van der Waals surface area contributed by atoms with E-state index in [4.69, 9.17) is 0 Å². The van der Waals surface area contributed by atoms with Crippen LogP contribution in [0.2, 0.25) is 0 Å². The minimum Gasteiger partial charge on any atom is -0.372 e. The van der Waals surface area contributed by atoms with Crippen LogP contribution in [0.3, 0.4) is 0 Å². The van der Waals surface area contributed by atoms with E-state index in [0.29, 0.717) is 12.6 Å². The topological polar surface area (TPSA) is 24.4 Å². The lowest BCUT2D eigenvalue weighted by Crippen LogP contribution is -2.10. The van der Waals surface area contributed by atoms with E-state index in [-0.39, 0.29) is 0 Å². The highest BCUT2D eigenvalue weighted by Crippen LogP contribution is 2.28. The van der Waals surface area contributed by atoms with Gasteiger partial charge >= 0.3 is 0 Å². The molecular weight excluding hydrogens is 192 g/mol. The Morgan fingerprint density at radius 2 is 2.29 bits per heavy atom. The molecule has 1 aliphatic heterocycles. The van der Waals surface area contributed by atoms with E-state index in [1.165, 1.54) is 15.3 Å². The third kappa shape index (κ3) is 1.87. The van der Waals surface area contributed by atoms with Crippen LogP contribution in [-0.4, -0.2) is 12.9 Å². The number of thiophene rings is 1. The highest BCUT2D eigenvalue weighted by atomic mass is 32.1. The van der Waals surface area contributed by atoms with Crippen molar-refractivity contribution in [3.05, 3.63) is 28.1 Å². The van der Waals surface area contributed by atoms with Crippen LogP contribution in [0.5, 0.6) is 0 Å². The summed E-state index contributed by atoms with van der Waals surface area (Å²) in [4.78, 5) is 6.92. The first kappa shape index (κ1) is 9.46. The van der Waals surface area contributed by atoms with Crippen LogP contribution in [0.15, 0.2) is 23.3 Å². The molecule has 0 spiro atoms. The molecule has 0 fully saturated rings. The first-order valence-corrected chi connectivity index (χ1v) is 5.62. The van der Waals surface area contributed by atoms with Crippen molar-refractivity contribution in [2.45, 2.75) is 19.8 Å². The maximum Gasteiger partial charge on any atom is 0.107 e. The summed E-state index contributed by atoms with van der Waals surface area (Å²) in [5, 5.41) is 3.12. The molecule has 0 aliphatic carbocycles. The van der Waals surface area contributed by atoms with E-state index in [1.54, 1.807) is 0 Å². The number of hydrogen-bond acceptors (Lipinski definition) is 3. The molecule has 2 nitrogen and oxygen atoms in total. The normalized spacial score (nSPS) is 15.5. The van der Waals surface area contributed by atoms with Crippen molar-refractivity contribution in [2.75, 3.05) is 6.67 Å². The van der Waals surface area contributed by atoms with E-state index >= 15 is 0 Å². The lowest BCUT2D eigenvalue weighted by atomic mass is 10.2. The van der Waals surface area contributed by atoms with Gasteiger partial charge in [0.2, 0.25) is 0 Å². The molecule has 1 N–H and O–H groups in total. The molecule has 3 heteroatoms. The van der Waals surface area contributed by atoms with Crippen LogP contribution in [-0.2, 0) is 0 Å². The number of allylic oxidation sites excluding steroid dienone is 1. The van der Waals surface area contributed by atoms with Crippen LogP contribution < -0.4 is 5.32 Å². The Bertz CT molecular complexity index is 374. The zero-order valence-corrected chi connectivity index (χ0v) is 9.27. The quantitative estimate of drug-likeness (QED) is 0.790. The molecule has 1 aromatic rings. The smallest absolute Gasteiger partial charge is 0.107 e. The summed E-state index contributed by atoms with van der Waals surface area (Å²) in [5.74, 6) is 0.614. The van der Waals surface area contributed by atoms with Crippen LogP contribution in [0.4, 0.5) is 0 Å². The van der Waals surface area contributed by atoms with Gasteiger partial charge in [-0.3, -0.25) is 4.99 Å². The lowest BCUT2D eigenvalue weighted by molar-refractivity contribution is 0.883. The van der Waals surface area contributed by atoms with Gasteiger partial charge in [-0.15, -0.1) is 11.3 Å². The number of nitrogens with zero attached hydrogens (tertiary/aromatic N) is 1. The van der Waals surface area contributed by atoms with Gasteiger partial charge in [-0.05, 0) is 18.1 Å². The maximum atomic E-state index is 4.19. The van der Waals surface area contributed by atoms with E-state index in [9.17, 15) is 0 Å². The van der Waals surface area contributed by atoms with Crippen molar-refractivity contribution >= 4 is 23.1 Å². The Morgan fingerprint density at radius 3 is 2.86 bits per heavy atom. The lowest BCUT2D eigenvalue weighted by Gasteiger charge is -2.05. The Balaban J connectivity index is 2.24. The van der Waals surface area contributed by atoms with E-state index in [0.717, 1.165) is 0 Å². The molecule has 0 aromatic carbocycles. The van der Waals surface area contributed by atoms with Gasteiger partial charge in [0.1, 0.15) is 6.67 Å². The van der Waals surface area contributed by atoms with Gasteiger partial charge < -0.3 is 5.32 Å². The summed E-state index contributed by atoms with van der Waals surface area (Å²) in [6.07, 6.45) is 3.97. The zero-order chi connectivity index (χ0) is 9.97. The van der Waals surface area contributed by atoms with Crippen molar-refractivity contribution in [3.8, 4) is 0 Å². The Hall–Kier alpha value is -1.09. The minimum atomic E-state index is 0.614. The molecule has 14 heavy (non-hydrogen) atoms. The van der Waals surface area contributed by atoms with Crippen molar-refractivity contribution in [1.29, 1.82) is 0 Å². The second-order valence-corrected chi connectivity index (χ2v) is 4.75. The predicted octanol–water partition coefficient (Wildman–Crippen LogP) is 2.84. The molecule has 0 radical (unpaired) electrons. The highest BCUT2D eigenvalue weighted by Gasteiger charge is 2.07. The monoisotopic (exact) mass is 206 g/mol. The van der Waals surface area contributed by atoms with E-state index < -0.39 is 0 Å². The van der Waals surface area contributed by atoms with Crippen molar-refractivity contribution in [2.24, 2.45) is 4.99 Å². The number of nitrogens with one attached hydrogen (secondary N) is 1. The Morgan fingerprint density at radius 1 is 1.43 bits per heavy atom. The average molecular weight is 206 g/mol. The van der Waals surface area contributed by atoms with Gasteiger partial charge in [-0.2, -0.15) is 0 Å². The molecule has 1 aliphatic rings. The maximum absolute atomic E-state index is 4.19. The standard InChI is InChI=1S/C11H14N2S/c1-8(2)10-3-4-11(14-10)9-5-12-7-13-6-9/h3-6,8,12H,7H2,1-2H3. The van der Waals surface area contributed by atoms with Crippen LogP contribution in [0, 0.1) is 0 Å². The molecule has 2 heterocycles. The van der Waals surface area contributed by atoms with Gasteiger partial charge in [-0.1, -0.05) is 13.8 Å². The molecule has 0 atom stereocenters. The summed E-state index contributed by atoms with van der Waals surface area (Å²) in [5.41, 5.74) is 1.19. The SMILES string of the molecule is CC(C)c1ccc(C2=CNCN=C2)s1. The second-order valence-electron chi connectivity index (χ2n) is 3.63. The van der Waals surface area contributed by atoms with Gasteiger partial charge in [0.15, 0.2) is 0 Å². The van der Waals surface area contributed by atoms with Gasteiger partial charge in [0, 0.05) is 27.7 Å². The minimum absolute atomic E-state index is 0.614. The van der Waals surface area contributed by atoms with Crippen molar-refractivity contribution in [3.63, 3.8) is 0 Å². The van der Waals surface area contributed by atoms with Crippen molar-refractivity contribution < 1.29 is 0 Å². The highest BCUT2D eigenvalue weighted by molar-refractivity contribution is 7.13. The zero-order valence-electron chi connectivity index (χ0n) is 8.45. The number of hydrogen-bond donors (Lipinski definition) is 1. The fraction of sp³-hybridized carbons (Fsp3) is 0.364. The van der Waals surface area contributed by atoms with Crippen LogP contribution in [0.1, 0.15) is 29.5 Å². The molecule has 0 saturated carbocycles. The summed E-state index contributed by atoms with van der Waals surface area (Å²) in [6, 6.07) is 4.37. The van der Waals surface area contributed by atoms with E-state index in [1.807, 2.05) is 23.8 Å². The van der Waals surface area contributed by atoms with Gasteiger partial charge in [0.25, 0.3) is 0 Å². The summed E-state index contributed by atoms with van der Waals surface area (Å²) >= 11 is 1.85. The summed E-state index contributed by atoms with van der Waals surface area (Å²) in [6.45, 7) is 5.14. The third-order valence-corrected chi connectivity index (χ3v) is 3.59. The van der Waals surface area contributed by atoms with Crippen molar-refractivity contribution in [1.82, 2.24) is 5.32 Å². The second kappa shape index (κ2) is 3.96. The van der Waals surface area contributed by atoms with E-state index in [2.05, 4.69) is 36.3 Å². The fourth-order valence-electron chi connectivity index (χ4n) is 1.34. The molecule has 0 unspecified atom stereocenters. The average Bonchev–Trinajstić information content (AvgIpc) is 2.68. The number of rotatable bonds is 2. The molecule has 1 aromatic heterocycles. The molecular formula is C11H14N2S. The molecule has 74 valence electrons. The van der Waals surface area contributed by atoms with Gasteiger partial charge in [-0.25, -0.2) is 0 Å². The fourth-order valence-corrected chi connectivity index (χ4v) is 2.33. The molecule has 0 saturated heterocycles. The molecule has 0 amide bonds. The van der Waals surface area contributed by atoms with Crippen LogP contribution in [0.25, 0.3) is 5.57 Å². The molecule has 2 rings (SSSR count). The summed E-state index contributed by atoms with van der Waals surface area (Å²) < 4.78 is 0. The van der Waals surface area contributed by atoms with Crippen LogP contribution >= 0.6 is 11.3 Å². The third-order valence-electron chi connectivity index (χ3n) is 2.15. The largest absolute Gasteiger partial charge is 0.372 e. The summed E-state index contributed by atoms with van der Waals surface area (Å²) in [7, 11) is 0. The Labute approximate surface area is 88.4 Å². The first-order valence-electron chi connectivity index (χ1n) is 4.81. The number of aliphatic imine (C=N–C) groups is 1. The predicted molar refractivity (Wildman–Crippen MR) is 62.9 cm³/mol. The molecule has 0 bridgehead atoms. The Kier molecular flexibility index (Phi) is 2.68. The van der Waals surface area contributed by atoms with Gasteiger partial charge in [0.05, 0.1) is 0 Å².